The van der Waals surface area contributed by atoms with Crippen LogP contribution in [-0.4, -0.2) is 32.6 Å². The fraction of sp³-hybridized carbons (Fsp3) is 0.333. The third-order valence-corrected chi connectivity index (χ3v) is 6.43. The van der Waals surface area contributed by atoms with Crippen LogP contribution in [0, 0.1) is 4.77 Å². The monoisotopic (exact) mass is 428 g/mol. The molecular formula is C21H21ClN4O2S. The van der Waals surface area contributed by atoms with E-state index in [-0.39, 0.29) is 0 Å². The number of aromatic nitrogens is 3. The molecule has 3 heterocycles. The third-order valence-electron chi connectivity index (χ3n) is 5.62. The number of benzene rings is 2. The SMILES string of the molecule is Cn1c(-c2ccccc2Cl)nn(CN2CCCC2c2ccc3c(c2)OCO3)c1=S. The topological polar surface area (TPSA) is 44.5 Å². The van der Waals surface area contributed by atoms with Gasteiger partial charge in [-0.2, -0.15) is 5.10 Å². The summed E-state index contributed by atoms with van der Waals surface area (Å²) in [6.07, 6.45) is 2.23. The minimum absolute atomic E-state index is 0.293. The number of nitrogens with zero attached hydrogens (tertiary/aromatic N) is 4. The molecule has 5 rings (SSSR count). The van der Waals surface area contributed by atoms with Gasteiger partial charge >= 0.3 is 0 Å². The van der Waals surface area contributed by atoms with Crippen molar-refractivity contribution >= 4 is 23.8 Å². The van der Waals surface area contributed by atoms with E-state index in [1.807, 2.05) is 46.6 Å². The number of fused-ring (bicyclic) bond motifs is 1. The smallest absolute Gasteiger partial charge is 0.231 e. The van der Waals surface area contributed by atoms with Crippen molar-refractivity contribution in [3.8, 4) is 22.9 Å². The summed E-state index contributed by atoms with van der Waals surface area (Å²) in [6, 6.07) is 14.2. The van der Waals surface area contributed by atoms with Crippen LogP contribution < -0.4 is 9.47 Å². The van der Waals surface area contributed by atoms with E-state index in [0.29, 0.717) is 29.3 Å². The van der Waals surface area contributed by atoms with E-state index in [4.69, 9.17) is 38.4 Å². The molecule has 150 valence electrons. The number of hydrogen-bond acceptors (Lipinski definition) is 5. The highest BCUT2D eigenvalue weighted by atomic mass is 35.5. The van der Waals surface area contributed by atoms with Crippen molar-refractivity contribution in [3.05, 3.63) is 57.8 Å². The number of halogens is 1. The lowest BCUT2D eigenvalue weighted by atomic mass is 10.0. The average molecular weight is 429 g/mol. The van der Waals surface area contributed by atoms with Gasteiger partial charge in [0, 0.05) is 25.2 Å². The van der Waals surface area contributed by atoms with E-state index in [1.165, 1.54) is 5.56 Å². The Morgan fingerprint density at radius 3 is 2.86 bits per heavy atom. The predicted octanol–water partition coefficient (Wildman–Crippen LogP) is 4.79. The Hall–Kier alpha value is -2.35. The molecule has 3 aromatic rings. The summed E-state index contributed by atoms with van der Waals surface area (Å²) in [7, 11) is 1.93. The summed E-state index contributed by atoms with van der Waals surface area (Å²) in [5, 5.41) is 5.46. The molecule has 6 nitrogen and oxygen atoms in total. The first-order chi connectivity index (χ1) is 14.1. The number of hydrogen-bond donors (Lipinski definition) is 0. The first-order valence-electron chi connectivity index (χ1n) is 9.64. The Bertz CT molecular complexity index is 1130. The minimum atomic E-state index is 0.293. The molecule has 29 heavy (non-hydrogen) atoms. The molecule has 1 aromatic heterocycles. The van der Waals surface area contributed by atoms with Crippen LogP contribution in [0.4, 0.5) is 0 Å². The number of ether oxygens (including phenoxy) is 2. The summed E-state index contributed by atoms with van der Waals surface area (Å²) in [4.78, 5) is 2.41. The van der Waals surface area contributed by atoms with E-state index in [9.17, 15) is 0 Å². The van der Waals surface area contributed by atoms with Gasteiger partial charge in [-0.3, -0.25) is 4.90 Å². The third kappa shape index (κ3) is 3.33. The average Bonchev–Trinajstić information content (AvgIpc) is 3.44. The lowest BCUT2D eigenvalue weighted by Gasteiger charge is -2.24. The van der Waals surface area contributed by atoms with Crippen LogP contribution in [0.1, 0.15) is 24.4 Å². The summed E-state index contributed by atoms with van der Waals surface area (Å²) in [5.74, 6) is 2.42. The maximum atomic E-state index is 6.38. The van der Waals surface area contributed by atoms with Gasteiger partial charge in [0.1, 0.15) is 0 Å². The highest BCUT2D eigenvalue weighted by molar-refractivity contribution is 7.71. The molecule has 0 aliphatic carbocycles. The maximum absolute atomic E-state index is 6.38. The van der Waals surface area contributed by atoms with Gasteiger partial charge in [-0.15, -0.1) is 0 Å². The second-order valence-electron chi connectivity index (χ2n) is 7.37. The van der Waals surface area contributed by atoms with Crippen LogP contribution in [0.3, 0.4) is 0 Å². The summed E-state index contributed by atoms with van der Waals surface area (Å²) < 4.78 is 15.5. The van der Waals surface area contributed by atoms with Crippen LogP contribution in [0.15, 0.2) is 42.5 Å². The van der Waals surface area contributed by atoms with Crippen molar-refractivity contribution in [3.63, 3.8) is 0 Å². The first kappa shape index (κ1) is 18.7. The Morgan fingerprint density at radius 2 is 2.00 bits per heavy atom. The van der Waals surface area contributed by atoms with Crippen molar-refractivity contribution in [2.45, 2.75) is 25.6 Å². The normalized spacial score (nSPS) is 18.5. The van der Waals surface area contributed by atoms with Crippen molar-refractivity contribution in [1.82, 2.24) is 19.2 Å². The van der Waals surface area contributed by atoms with Gasteiger partial charge in [0.05, 0.1) is 11.7 Å². The molecule has 0 radical (unpaired) electrons. The molecule has 0 N–H and O–H groups in total. The van der Waals surface area contributed by atoms with E-state index < -0.39 is 0 Å². The zero-order chi connectivity index (χ0) is 20.0. The van der Waals surface area contributed by atoms with Crippen LogP contribution in [0.2, 0.25) is 5.02 Å². The van der Waals surface area contributed by atoms with Crippen LogP contribution in [0.5, 0.6) is 11.5 Å². The molecule has 8 heteroatoms. The molecule has 0 amide bonds. The van der Waals surface area contributed by atoms with Crippen LogP contribution in [-0.2, 0) is 13.7 Å². The van der Waals surface area contributed by atoms with Gasteiger partial charge in [0.2, 0.25) is 6.79 Å². The number of rotatable bonds is 4. The van der Waals surface area contributed by atoms with Crippen molar-refractivity contribution in [2.24, 2.45) is 7.05 Å². The van der Waals surface area contributed by atoms with Crippen LogP contribution >= 0.6 is 23.8 Å². The fourth-order valence-electron chi connectivity index (χ4n) is 4.12. The molecule has 0 bridgehead atoms. The van der Waals surface area contributed by atoms with Crippen molar-refractivity contribution < 1.29 is 9.47 Å². The molecular weight excluding hydrogens is 408 g/mol. The van der Waals surface area contributed by atoms with E-state index in [1.54, 1.807) is 0 Å². The summed E-state index contributed by atoms with van der Waals surface area (Å²) in [5.41, 5.74) is 2.12. The van der Waals surface area contributed by atoms with Gasteiger partial charge in [-0.05, 0) is 54.9 Å². The highest BCUT2D eigenvalue weighted by Crippen LogP contribution is 2.39. The first-order valence-corrected chi connectivity index (χ1v) is 10.4. The van der Waals surface area contributed by atoms with Crippen molar-refractivity contribution in [1.29, 1.82) is 0 Å². The maximum Gasteiger partial charge on any atom is 0.231 e. The van der Waals surface area contributed by atoms with Crippen molar-refractivity contribution in [2.75, 3.05) is 13.3 Å². The van der Waals surface area contributed by atoms with Gasteiger partial charge in [0.25, 0.3) is 0 Å². The molecule has 2 aliphatic rings. The quantitative estimate of drug-likeness (QED) is 0.559. The highest BCUT2D eigenvalue weighted by Gasteiger charge is 2.28. The molecule has 1 unspecified atom stereocenters. The fourth-order valence-corrected chi connectivity index (χ4v) is 4.53. The number of likely N-dealkylation sites (tertiary alicyclic amines) is 1. The molecule has 0 spiro atoms. The predicted molar refractivity (Wildman–Crippen MR) is 114 cm³/mol. The zero-order valence-corrected chi connectivity index (χ0v) is 17.6. The Balaban J connectivity index is 1.43. The van der Waals surface area contributed by atoms with Gasteiger partial charge < -0.3 is 14.0 Å². The molecule has 1 fully saturated rings. The van der Waals surface area contributed by atoms with E-state index >= 15 is 0 Å². The Morgan fingerprint density at radius 1 is 1.17 bits per heavy atom. The molecule has 1 saturated heterocycles. The summed E-state index contributed by atoms with van der Waals surface area (Å²) >= 11 is 12.1. The Kier molecular flexibility index (Phi) is 4.81. The van der Waals surface area contributed by atoms with Gasteiger partial charge in [-0.1, -0.05) is 29.8 Å². The van der Waals surface area contributed by atoms with Gasteiger partial charge in [-0.25, -0.2) is 4.68 Å². The lowest BCUT2D eigenvalue weighted by Crippen LogP contribution is -2.27. The second kappa shape index (κ2) is 7.48. The Labute approximate surface area is 179 Å². The van der Waals surface area contributed by atoms with Crippen LogP contribution in [0.25, 0.3) is 11.4 Å². The zero-order valence-electron chi connectivity index (χ0n) is 16.0. The largest absolute Gasteiger partial charge is 0.454 e. The lowest BCUT2D eigenvalue weighted by molar-refractivity contribution is 0.173. The molecule has 2 aliphatic heterocycles. The van der Waals surface area contributed by atoms with E-state index in [0.717, 1.165) is 42.3 Å². The van der Waals surface area contributed by atoms with Gasteiger partial charge in [0.15, 0.2) is 22.1 Å². The molecule has 2 aromatic carbocycles. The molecule has 1 atom stereocenters. The standard InChI is InChI=1S/C21H21ClN4O2S/c1-24-20(15-5-2-3-6-16(15)22)23-26(21(24)29)12-25-10-4-7-17(25)14-8-9-18-19(11-14)28-13-27-18/h2-3,5-6,8-9,11,17H,4,7,10,12-13H2,1H3. The minimum Gasteiger partial charge on any atom is -0.454 e. The molecule has 0 saturated carbocycles. The second-order valence-corrected chi connectivity index (χ2v) is 8.14. The van der Waals surface area contributed by atoms with E-state index in [2.05, 4.69) is 17.0 Å². The summed E-state index contributed by atoms with van der Waals surface area (Å²) in [6.45, 7) is 1.93.